The number of phenols is 4. The van der Waals surface area contributed by atoms with E-state index < -0.39 is 0 Å². The van der Waals surface area contributed by atoms with Crippen LogP contribution >= 0.6 is 11.8 Å². The Kier molecular flexibility index (Phi) is 4.92. The standard InChI is InChI=1S/C20H26O4S/c1-19(2,3)11-7-13(21)15(23)9-17(11)25-18-10-16(24)14(22)8-12(18)20(4,5)6/h7-10,21-24H,1-6H3. The van der Waals surface area contributed by atoms with Crippen molar-refractivity contribution in [1.29, 1.82) is 0 Å². The largest absolute Gasteiger partial charge is 0.504 e. The minimum atomic E-state index is -0.242. The van der Waals surface area contributed by atoms with Crippen molar-refractivity contribution in [2.75, 3.05) is 0 Å². The molecule has 0 aliphatic carbocycles. The third-order valence-electron chi connectivity index (χ3n) is 3.99. The topological polar surface area (TPSA) is 80.9 Å². The maximum atomic E-state index is 9.94. The highest BCUT2D eigenvalue weighted by atomic mass is 32.2. The monoisotopic (exact) mass is 362 g/mol. The summed E-state index contributed by atoms with van der Waals surface area (Å²) in [6.45, 7) is 12.2. The average Bonchev–Trinajstić information content (AvgIpc) is 2.43. The molecule has 0 heterocycles. The number of rotatable bonds is 2. The van der Waals surface area contributed by atoms with Crippen molar-refractivity contribution in [3.8, 4) is 23.0 Å². The molecule has 0 fully saturated rings. The van der Waals surface area contributed by atoms with Gasteiger partial charge in [-0.2, -0.15) is 0 Å². The summed E-state index contributed by atoms with van der Waals surface area (Å²) in [5.74, 6) is -0.677. The van der Waals surface area contributed by atoms with Gasteiger partial charge in [0.1, 0.15) is 0 Å². The summed E-state index contributed by atoms with van der Waals surface area (Å²) in [5, 5.41) is 39.7. The number of phenolic OH excluding ortho intramolecular Hbond substituents is 4. The van der Waals surface area contributed by atoms with E-state index in [4.69, 9.17) is 0 Å². The van der Waals surface area contributed by atoms with Gasteiger partial charge in [-0.3, -0.25) is 0 Å². The lowest BCUT2D eigenvalue weighted by atomic mass is 9.86. The molecule has 2 rings (SSSR count). The van der Waals surface area contributed by atoms with E-state index in [-0.39, 0.29) is 33.8 Å². The quantitative estimate of drug-likeness (QED) is 0.548. The first kappa shape index (κ1) is 19.3. The van der Waals surface area contributed by atoms with Gasteiger partial charge in [0.15, 0.2) is 23.0 Å². The van der Waals surface area contributed by atoms with Crippen molar-refractivity contribution >= 4 is 11.8 Å². The predicted molar refractivity (Wildman–Crippen MR) is 101 cm³/mol. The van der Waals surface area contributed by atoms with Gasteiger partial charge < -0.3 is 20.4 Å². The smallest absolute Gasteiger partial charge is 0.158 e. The highest BCUT2D eigenvalue weighted by Gasteiger charge is 2.25. The Morgan fingerprint density at radius 1 is 0.560 bits per heavy atom. The number of hydrogen-bond acceptors (Lipinski definition) is 5. The van der Waals surface area contributed by atoms with Crippen molar-refractivity contribution in [2.24, 2.45) is 0 Å². The van der Waals surface area contributed by atoms with E-state index in [9.17, 15) is 20.4 Å². The zero-order valence-electron chi connectivity index (χ0n) is 15.5. The molecular formula is C20H26O4S. The predicted octanol–water partition coefficient (Wildman–Crippen LogP) is 5.26. The lowest BCUT2D eigenvalue weighted by molar-refractivity contribution is 0.399. The normalized spacial score (nSPS) is 12.4. The molecule has 0 amide bonds. The second-order valence-corrected chi connectivity index (χ2v) is 9.36. The maximum Gasteiger partial charge on any atom is 0.158 e. The molecule has 136 valence electrons. The van der Waals surface area contributed by atoms with Gasteiger partial charge in [-0.1, -0.05) is 53.3 Å². The van der Waals surface area contributed by atoms with Gasteiger partial charge in [0.2, 0.25) is 0 Å². The molecule has 0 spiro atoms. The highest BCUT2D eigenvalue weighted by Crippen LogP contribution is 2.46. The van der Waals surface area contributed by atoms with Crippen LogP contribution in [0.5, 0.6) is 23.0 Å². The van der Waals surface area contributed by atoms with Crippen LogP contribution in [0.1, 0.15) is 52.7 Å². The van der Waals surface area contributed by atoms with Crippen LogP contribution in [0.15, 0.2) is 34.1 Å². The second kappa shape index (κ2) is 6.37. The fraction of sp³-hybridized carbons (Fsp3) is 0.400. The molecule has 4 N–H and O–H groups in total. The molecular weight excluding hydrogens is 336 g/mol. The molecule has 0 radical (unpaired) electrons. The Hall–Kier alpha value is -2.01. The van der Waals surface area contributed by atoms with E-state index in [2.05, 4.69) is 0 Å². The van der Waals surface area contributed by atoms with Crippen LogP contribution in [0.4, 0.5) is 0 Å². The van der Waals surface area contributed by atoms with Crippen LogP contribution in [0.25, 0.3) is 0 Å². The molecule has 0 aliphatic heterocycles. The SMILES string of the molecule is CC(C)(C)c1cc(O)c(O)cc1Sc1cc(O)c(O)cc1C(C)(C)C. The molecule has 0 saturated carbocycles. The first-order valence-corrected chi connectivity index (χ1v) is 8.93. The van der Waals surface area contributed by atoms with Gasteiger partial charge in [-0.15, -0.1) is 0 Å². The van der Waals surface area contributed by atoms with Crippen LogP contribution < -0.4 is 0 Å². The Labute approximate surface area is 153 Å². The number of benzene rings is 2. The second-order valence-electron chi connectivity index (χ2n) is 8.28. The molecule has 0 bridgehead atoms. The van der Waals surface area contributed by atoms with Crippen LogP contribution in [0.2, 0.25) is 0 Å². The molecule has 2 aromatic carbocycles. The zero-order chi connectivity index (χ0) is 19.2. The van der Waals surface area contributed by atoms with Gasteiger partial charge in [0.25, 0.3) is 0 Å². The minimum absolute atomic E-state index is 0.154. The van der Waals surface area contributed by atoms with Crippen LogP contribution in [-0.2, 0) is 10.8 Å². The zero-order valence-corrected chi connectivity index (χ0v) is 16.3. The van der Waals surface area contributed by atoms with E-state index in [0.29, 0.717) is 0 Å². The summed E-state index contributed by atoms with van der Waals surface area (Å²) in [6.07, 6.45) is 0. The molecule has 0 unspecified atom stereocenters. The fourth-order valence-electron chi connectivity index (χ4n) is 2.57. The Balaban J connectivity index is 2.65. The molecule has 2 aromatic rings. The lowest BCUT2D eigenvalue weighted by Crippen LogP contribution is -2.14. The van der Waals surface area contributed by atoms with E-state index in [1.165, 1.54) is 23.9 Å². The first-order chi connectivity index (χ1) is 11.3. The molecule has 0 aliphatic rings. The third kappa shape index (κ3) is 4.15. The van der Waals surface area contributed by atoms with Crippen LogP contribution in [0, 0.1) is 0 Å². The third-order valence-corrected chi connectivity index (χ3v) is 5.10. The van der Waals surface area contributed by atoms with E-state index >= 15 is 0 Å². The molecule has 4 nitrogen and oxygen atoms in total. The van der Waals surface area contributed by atoms with Crippen molar-refractivity contribution in [3.05, 3.63) is 35.4 Å². The van der Waals surface area contributed by atoms with Gasteiger partial charge in [0.05, 0.1) is 0 Å². The molecule has 25 heavy (non-hydrogen) atoms. The molecule has 0 aromatic heterocycles. The van der Waals surface area contributed by atoms with Gasteiger partial charge >= 0.3 is 0 Å². The summed E-state index contributed by atoms with van der Waals surface area (Å²) in [4.78, 5) is 1.58. The summed E-state index contributed by atoms with van der Waals surface area (Å²) in [7, 11) is 0. The Bertz CT molecular complexity index is 731. The lowest BCUT2D eigenvalue weighted by Gasteiger charge is -2.26. The maximum absolute atomic E-state index is 9.94. The number of aromatic hydroxyl groups is 4. The van der Waals surface area contributed by atoms with Crippen LogP contribution in [-0.4, -0.2) is 20.4 Å². The molecule has 0 atom stereocenters. The summed E-state index contributed by atoms with van der Waals surface area (Å²) >= 11 is 1.40. The highest BCUT2D eigenvalue weighted by molar-refractivity contribution is 7.99. The molecule has 0 saturated heterocycles. The van der Waals surface area contributed by atoms with Crippen molar-refractivity contribution in [3.63, 3.8) is 0 Å². The first-order valence-electron chi connectivity index (χ1n) is 8.11. The van der Waals surface area contributed by atoms with Gasteiger partial charge in [0, 0.05) is 9.79 Å². The molecule has 5 heteroatoms. The van der Waals surface area contributed by atoms with Gasteiger partial charge in [-0.25, -0.2) is 0 Å². The van der Waals surface area contributed by atoms with Crippen molar-refractivity contribution in [2.45, 2.75) is 62.2 Å². The van der Waals surface area contributed by atoms with Crippen molar-refractivity contribution in [1.82, 2.24) is 0 Å². The van der Waals surface area contributed by atoms with E-state index in [0.717, 1.165) is 20.9 Å². The Morgan fingerprint density at radius 2 is 0.840 bits per heavy atom. The van der Waals surface area contributed by atoms with Crippen molar-refractivity contribution < 1.29 is 20.4 Å². The summed E-state index contributed by atoms with van der Waals surface area (Å²) in [6, 6.07) is 6.23. The van der Waals surface area contributed by atoms with Gasteiger partial charge in [-0.05, 0) is 46.2 Å². The summed E-state index contributed by atoms with van der Waals surface area (Å²) < 4.78 is 0. The van der Waals surface area contributed by atoms with E-state index in [1.54, 1.807) is 12.1 Å². The minimum Gasteiger partial charge on any atom is -0.504 e. The summed E-state index contributed by atoms with van der Waals surface area (Å²) in [5.41, 5.74) is 1.29. The fourth-order valence-corrected chi connectivity index (χ4v) is 4.10. The van der Waals surface area contributed by atoms with E-state index in [1.807, 2.05) is 41.5 Å². The Morgan fingerprint density at radius 3 is 1.12 bits per heavy atom. The number of hydrogen-bond donors (Lipinski definition) is 4. The average molecular weight is 362 g/mol. The van der Waals surface area contributed by atoms with Crippen LogP contribution in [0.3, 0.4) is 0 Å².